The number of aliphatic hydroxyl groups is 6. The van der Waals surface area contributed by atoms with Crippen LogP contribution in [0.4, 0.5) is 5.69 Å². The van der Waals surface area contributed by atoms with Crippen molar-refractivity contribution < 1.29 is 77.4 Å². The van der Waals surface area contributed by atoms with Gasteiger partial charge in [0, 0.05) is 12.7 Å². The second-order valence-electron chi connectivity index (χ2n) is 9.05. The second kappa shape index (κ2) is 13.5. The number of phosphoric ester groups is 1. The first-order chi connectivity index (χ1) is 19.4. The molecule has 0 radical (unpaired) electrons. The van der Waals surface area contributed by atoms with Crippen LogP contribution in [0.15, 0.2) is 5.38 Å². The molecule has 0 aromatic carbocycles. The lowest BCUT2D eigenvalue weighted by molar-refractivity contribution is -0.292. The number of anilines is 1. The standard InChI is InChI=1S/C20H30N2O16P2S2/c1-3-20(33-2)16(28)9(35-17(20)7-6-42-15(10(7)21)18(22)29)5-34-40(32,41)38-39(30,31)37-19-13(27)11(25)12(26)14(36-19)8(24)4-23/h1,6,8-9,11-14,16-17,19,23-28H,4-5,21H2,2H3,(H2,22,29)(H,30,31)(H,32,41)/t8-,9+,11?,12?,13?,14?,16+,17-,19?,20+,40?/m0/s1. The van der Waals surface area contributed by atoms with Crippen molar-refractivity contribution in [3.05, 3.63) is 15.8 Å². The van der Waals surface area contributed by atoms with E-state index in [9.17, 15) is 44.7 Å². The number of nitrogen functional groups attached to an aromatic ring is 1. The average Bonchev–Trinajstić information content (AvgIpc) is 3.43. The molecule has 22 heteroatoms. The summed E-state index contributed by atoms with van der Waals surface area (Å²) in [5.41, 5.74) is 9.52. The maximum atomic E-state index is 12.6. The number of amides is 1. The maximum Gasteiger partial charge on any atom is 0.481 e. The quantitative estimate of drug-likeness (QED) is 0.0767. The van der Waals surface area contributed by atoms with Crippen molar-refractivity contribution in [2.45, 2.75) is 60.7 Å². The van der Waals surface area contributed by atoms with Crippen molar-refractivity contribution in [3.8, 4) is 12.3 Å². The topological polar surface area (TPSA) is 303 Å². The van der Waals surface area contributed by atoms with Gasteiger partial charge >= 0.3 is 14.5 Å². The van der Waals surface area contributed by atoms with Crippen molar-refractivity contribution in [3.63, 3.8) is 0 Å². The molecule has 0 spiro atoms. The number of phosphoric acid groups is 1. The highest BCUT2D eigenvalue weighted by Crippen LogP contribution is 2.62. The predicted molar refractivity (Wildman–Crippen MR) is 144 cm³/mol. The molecular weight excluding hydrogens is 650 g/mol. The second-order valence-corrected chi connectivity index (χ2v) is 14.3. The molecule has 2 aliphatic rings. The highest BCUT2D eigenvalue weighted by atomic mass is 32.5. The van der Waals surface area contributed by atoms with Crippen LogP contribution >= 0.6 is 25.9 Å². The smallest absolute Gasteiger partial charge is 0.397 e. The van der Waals surface area contributed by atoms with Crippen molar-refractivity contribution in [1.82, 2.24) is 0 Å². The molecule has 18 nitrogen and oxygen atoms in total. The van der Waals surface area contributed by atoms with E-state index in [2.05, 4.69) is 14.8 Å². The first kappa shape index (κ1) is 35.3. The Morgan fingerprint density at radius 2 is 1.90 bits per heavy atom. The molecule has 2 aliphatic heterocycles. The van der Waals surface area contributed by atoms with Gasteiger partial charge in [0.25, 0.3) is 5.91 Å². The number of ether oxygens (including phenoxy) is 3. The molecule has 1 aromatic heterocycles. The summed E-state index contributed by atoms with van der Waals surface area (Å²) in [5.74, 6) is 1.46. The molecule has 2 saturated heterocycles. The van der Waals surface area contributed by atoms with Gasteiger partial charge in [-0.25, -0.2) is 8.88 Å². The maximum absolute atomic E-state index is 12.6. The van der Waals surface area contributed by atoms with Crippen LogP contribution in [0.2, 0.25) is 0 Å². The van der Waals surface area contributed by atoms with E-state index in [4.69, 9.17) is 53.5 Å². The summed E-state index contributed by atoms with van der Waals surface area (Å²) in [5, 5.41) is 61.2. The fraction of sp³-hybridized carbons (Fsp3) is 0.650. The minimum absolute atomic E-state index is 0.00550. The van der Waals surface area contributed by atoms with Crippen LogP contribution < -0.4 is 11.5 Å². The minimum Gasteiger partial charge on any atom is -0.397 e. The Morgan fingerprint density at radius 3 is 2.43 bits per heavy atom. The monoisotopic (exact) mass is 680 g/mol. The number of nitrogens with two attached hydrogens (primary N) is 2. The van der Waals surface area contributed by atoms with Gasteiger partial charge in [-0.1, -0.05) is 5.92 Å². The van der Waals surface area contributed by atoms with Gasteiger partial charge in [0.2, 0.25) is 0 Å². The number of rotatable bonds is 12. The number of hydrogen-bond acceptors (Lipinski definition) is 17. The van der Waals surface area contributed by atoms with Crippen molar-refractivity contribution >= 4 is 49.3 Å². The molecule has 3 rings (SSSR count). The normalized spacial score (nSPS) is 37.0. The Bertz CT molecular complexity index is 1280. The molecule has 238 valence electrons. The van der Waals surface area contributed by atoms with Gasteiger partial charge in [0.05, 0.1) is 18.9 Å². The van der Waals surface area contributed by atoms with Crippen LogP contribution in [0.25, 0.3) is 0 Å². The van der Waals surface area contributed by atoms with Crippen LogP contribution in [-0.4, -0.2) is 121 Å². The fourth-order valence-electron chi connectivity index (χ4n) is 4.29. The van der Waals surface area contributed by atoms with E-state index in [1.54, 1.807) is 0 Å². The van der Waals surface area contributed by atoms with E-state index >= 15 is 0 Å². The SMILES string of the molecule is C#C[C@@]1(OC)[C@H](O)[C@@H](COP(O)(=S)OP(=O)(O)OC2OC([C@@H](O)CO)C(O)C(O)C2O)O[C@H]1c1csc(C(N)=O)c1N. The lowest BCUT2D eigenvalue weighted by atomic mass is 9.87. The molecule has 0 aliphatic carbocycles. The molecule has 1 amide bonds. The van der Waals surface area contributed by atoms with Crippen molar-refractivity contribution in [2.24, 2.45) is 5.73 Å². The number of primary amides is 1. The summed E-state index contributed by atoms with van der Waals surface area (Å²) >= 11 is 5.64. The van der Waals surface area contributed by atoms with E-state index in [0.29, 0.717) is 0 Å². The fourth-order valence-corrected chi connectivity index (χ4v) is 8.25. The van der Waals surface area contributed by atoms with E-state index in [0.717, 1.165) is 11.3 Å². The third-order valence-electron chi connectivity index (χ3n) is 6.44. The first-order valence-electron chi connectivity index (χ1n) is 11.7. The summed E-state index contributed by atoms with van der Waals surface area (Å²) in [6, 6.07) is 0. The molecule has 42 heavy (non-hydrogen) atoms. The number of terminal acetylenes is 1. The Kier molecular flexibility index (Phi) is 11.3. The van der Waals surface area contributed by atoms with Gasteiger partial charge in [0.15, 0.2) is 11.9 Å². The molecule has 0 bridgehead atoms. The lowest BCUT2D eigenvalue weighted by Gasteiger charge is -2.41. The highest BCUT2D eigenvalue weighted by Gasteiger charge is 2.58. The van der Waals surface area contributed by atoms with Gasteiger partial charge < -0.3 is 70.6 Å². The summed E-state index contributed by atoms with van der Waals surface area (Å²) < 4.78 is 43.0. The minimum atomic E-state index is -5.49. The molecule has 2 fully saturated rings. The van der Waals surface area contributed by atoms with Crippen molar-refractivity contribution in [2.75, 3.05) is 26.1 Å². The van der Waals surface area contributed by atoms with Crippen LogP contribution in [0.3, 0.4) is 0 Å². The van der Waals surface area contributed by atoms with E-state index in [1.807, 2.05) is 0 Å². The molecule has 3 heterocycles. The third-order valence-corrected chi connectivity index (χ3v) is 11.0. The Balaban J connectivity index is 1.72. The zero-order chi connectivity index (χ0) is 31.8. The van der Waals surface area contributed by atoms with Crippen LogP contribution in [0.5, 0.6) is 0 Å². The average molecular weight is 681 g/mol. The lowest BCUT2D eigenvalue weighted by Crippen LogP contribution is -2.61. The molecule has 1 aromatic rings. The summed E-state index contributed by atoms with van der Waals surface area (Å²) in [4.78, 5) is 32.2. The van der Waals surface area contributed by atoms with Crippen LogP contribution in [-0.2, 0) is 43.9 Å². The van der Waals surface area contributed by atoms with E-state index in [1.165, 1.54) is 12.5 Å². The highest BCUT2D eigenvalue weighted by molar-refractivity contribution is 8.08. The van der Waals surface area contributed by atoms with Gasteiger partial charge in [-0.3, -0.25) is 9.32 Å². The predicted octanol–water partition coefficient (Wildman–Crippen LogP) is -3.22. The Labute approximate surface area is 247 Å². The van der Waals surface area contributed by atoms with E-state index < -0.39 is 94.4 Å². The van der Waals surface area contributed by atoms with Gasteiger partial charge in [-0.15, -0.1) is 17.8 Å². The summed E-state index contributed by atoms with van der Waals surface area (Å²) in [7, 11) is -4.32. The molecule has 12 atom stereocenters. The number of hydrogen-bond donors (Lipinski definition) is 10. The number of carbonyl (C=O) groups excluding carboxylic acids is 1. The third kappa shape index (κ3) is 7.05. The van der Waals surface area contributed by atoms with Gasteiger partial charge in [-0.05, 0) is 17.2 Å². The van der Waals surface area contributed by atoms with Crippen molar-refractivity contribution in [1.29, 1.82) is 0 Å². The van der Waals surface area contributed by atoms with Gasteiger partial charge in [-0.2, -0.15) is 0 Å². The largest absolute Gasteiger partial charge is 0.481 e. The molecular formula is C20H30N2O16P2S2. The Morgan fingerprint density at radius 1 is 1.26 bits per heavy atom. The van der Waals surface area contributed by atoms with Gasteiger partial charge in [0.1, 0.15) is 53.7 Å². The first-order valence-corrected chi connectivity index (χ1v) is 16.6. The van der Waals surface area contributed by atoms with Crippen LogP contribution in [0, 0.1) is 12.3 Å². The zero-order valence-electron chi connectivity index (χ0n) is 21.5. The molecule has 7 unspecified atom stereocenters. The number of methoxy groups -OCH3 is 1. The van der Waals surface area contributed by atoms with E-state index in [-0.39, 0.29) is 16.1 Å². The summed E-state index contributed by atoms with van der Waals surface area (Å²) in [6.45, 7) is -6.49. The number of thiophene rings is 1. The number of carbonyl (C=O) groups is 1. The molecule has 12 N–H and O–H groups in total. The summed E-state index contributed by atoms with van der Waals surface area (Å²) in [6.07, 6.45) is -10.7. The number of aliphatic hydroxyl groups excluding tert-OH is 6. The zero-order valence-corrected chi connectivity index (χ0v) is 24.9. The Hall–Kier alpha value is -1.15. The van der Waals surface area contributed by atoms with Crippen LogP contribution in [0.1, 0.15) is 21.3 Å². The molecule has 0 saturated carbocycles.